The van der Waals surface area contributed by atoms with E-state index in [1.165, 1.54) is 0 Å². The van der Waals surface area contributed by atoms with E-state index in [-0.39, 0.29) is 54.4 Å². The first-order chi connectivity index (χ1) is 33.0. The van der Waals surface area contributed by atoms with Crippen molar-refractivity contribution in [1.82, 2.24) is 14.1 Å². The van der Waals surface area contributed by atoms with E-state index in [0.717, 1.165) is 52.4 Å². The average molecular weight is 973 g/mol. The smallest absolute Gasteiger partial charge is 0.196 e. The number of ether oxygens (including phenoxy) is 1. The molecule has 0 saturated carbocycles. The van der Waals surface area contributed by atoms with Crippen molar-refractivity contribution >= 4 is 27.6 Å². The van der Waals surface area contributed by atoms with Crippen LogP contribution in [-0.2, 0) is 26.5 Å². The predicted octanol–water partition coefficient (Wildman–Crippen LogP) is 12.1. The molecule has 6 aromatic carbocycles. The largest absolute Gasteiger partial charge is 0.510 e. The number of para-hydroxylation sites is 2. The molecular weight excluding hydrogens is 918 g/mol. The van der Waals surface area contributed by atoms with Crippen molar-refractivity contribution in [3.63, 3.8) is 0 Å². The Bertz CT molecular complexity index is 3400. The summed E-state index contributed by atoms with van der Waals surface area (Å²) in [5.41, 5.74) is 3.68. The van der Waals surface area contributed by atoms with Gasteiger partial charge in [0.25, 0.3) is 0 Å². The fourth-order valence-electron chi connectivity index (χ4n) is 7.89. The van der Waals surface area contributed by atoms with E-state index in [9.17, 15) is 0 Å². The van der Waals surface area contributed by atoms with Gasteiger partial charge in [0.15, 0.2) is 12.1 Å². The van der Waals surface area contributed by atoms with Gasteiger partial charge in [0.2, 0.25) is 0 Å². The number of fused-ring (bicyclic) bond motifs is 3. The zero-order chi connectivity index (χ0) is 48.6. The van der Waals surface area contributed by atoms with E-state index < -0.39 is 60.4 Å². The number of aromatic nitrogens is 4. The topological polar surface area (TPSA) is 39.1 Å². The number of pyridine rings is 1. The molecule has 3 aromatic heterocycles. The number of hydrogen-bond acceptors (Lipinski definition) is 3. The molecule has 300 valence electrons. The molecule has 1 fully saturated rings. The fraction of sp³-hybridized carbons (Fsp3) is 0.170. The number of benzene rings is 6. The van der Waals surface area contributed by atoms with Crippen molar-refractivity contribution in [2.24, 2.45) is 0 Å². The van der Waals surface area contributed by atoms with E-state index in [1.807, 2.05) is 54.9 Å². The first kappa shape index (κ1) is 29.1. The Hall–Kier alpha value is -6.23. The molecule has 6 nitrogen and oxygen atoms in total. The van der Waals surface area contributed by atoms with Crippen LogP contribution >= 0.6 is 0 Å². The van der Waals surface area contributed by atoms with Crippen molar-refractivity contribution < 1.29 is 44.1 Å². The van der Waals surface area contributed by atoms with Gasteiger partial charge in [-0.1, -0.05) is 129 Å². The van der Waals surface area contributed by atoms with Crippen LogP contribution in [0.4, 0.5) is 5.82 Å². The molecule has 1 aliphatic rings. The normalized spacial score (nSPS) is 15.4. The summed E-state index contributed by atoms with van der Waals surface area (Å²) in [6.45, 7) is 7.84. The van der Waals surface area contributed by atoms with Gasteiger partial charge >= 0.3 is 0 Å². The third kappa shape index (κ3) is 7.46. The molecule has 60 heavy (non-hydrogen) atoms. The Morgan fingerprint density at radius 3 is 2.12 bits per heavy atom. The minimum absolute atomic E-state index is 0. The minimum atomic E-state index is -0.558. The molecule has 0 radical (unpaired) electrons. The fourth-order valence-corrected chi connectivity index (χ4v) is 7.89. The third-order valence-electron chi connectivity index (χ3n) is 10.8. The molecule has 7 heteroatoms. The summed E-state index contributed by atoms with van der Waals surface area (Å²) in [4.78, 5) is 6.97. The van der Waals surface area contributed by atoms with Crippen molar-refractivity contribution in [3.8, 4) is 50.9 Å². The first-order valence-electron chi connectivity index (χ1n) is 24.8. The van der Waals surface area contributed by atoms with Gasteiger partial charge in [0, 0.05) is 50.5 Å². The maximum atomic E-state index is 9.06. The molecular formula is C53H45N5OPt-2. The minimum Gasteiger partial charge on any atom is -0.510 e. The number of anilines is 1. The Morgan fingerprint density at radius 1 is 0.717 bits per heavy atom. The summed E-state index contributed by atoms with van der Waals surface area (Å²) in [7, 11) is 0. The number of imidazole rings is 1. The van der Waals surface area contributed by atoms with Gasteiger partial charge in [-0.05, 0) is 76.1 Å². The van der Waals surface area contributed by atoms with Gasteiger partial charge in [0.1, 0.15) is 5.82 Å². The standard InChI is InChI=1S/C53H45N5O.Pt/c1-53(2,3)40-29-30-54-50(33-40)58-48-26-12-11-23-46(48)47-28-27-43(35-49(47)58)59-42-22-15-21-41(34-42)56-36-51(55-31-13-6-14-32-55)57(37-56)52-44(38-17-7-4-8-18-38)24-16-25-45(52)39-19-9-5-10-20-39;/h4-5,7-12,15-30,33,36H,6,13-14,31-32H2,1-3H3;/q-2;/i4D,5D,7D,8D,9D,10D,17D,18D,19D,20D;. The monoisotopic (exact) mass is 972 g/mol. The van der Waals surface area contributed by atoms with Crippen molar-refractivity contribution in [1.29, 1.82) is 0 Å². The maximum absolute atomic E-state index is 9.06. The van der Waals surface area contributed by atoms with Crippen molar-refractivity contribution in [3.05, 3.63) is 182 Å². The molecule has 1 aliphatic heterocycles. The van der Waals surface area contributed by atoms with Gasteiger partial charge in [0.05, 0.1) is 32.5 Å². The van der Waals surface area contributed by atoms with Crippen LogP contribution in [0.3, 0.4) is 0 Å². The third-order valence-corrected chi connectivity index (χ3v) is 10.8. The van der Waals surface area contributed by atoms with Crippen LogP contribution in [0.5, 0.6) is 11.5 Å². The predicted molar refractivity (Wildman–Crippen MR) is 238 cm³/mol. The second-order valence-corrected chi connectivity index (χ2v) is 15.6. The SMILES string of the molecule is [2H]c1c([2H])c([2H])c(-c2cccc(-c3c([2H])c([2H])c([2H])c([2H])c3[2H])c2-[n+]2[c-]n(-c3[c-]c(Oc4[c-]c5c(cc4)c4ccccc4n5-c4cc(C(C)(C)C)ccn4)ccc3)cc2N2CCCCC2)c([2H])c1[2H].[Pt]. The van der Waals surface area contributed by atoms with Crippen LogP contribution < -0.4 is 14.2 Å². The molecule has 4 heterocycles. The second kappa shape index (κ2) is 16.4. The molecule has 0 atom stereocenters. The Kier molecular flexibility index (Phi) is 7.96. The molecule has 0 amide bonds. The van der Waals surface area contributed by atoms with Crippen LogP contribution in [0.1, 0.15) is 59.3 Å². The second-order valence-electron chi connectivity index (χ2n) is 15.6. The quantitative estimate of drug-likeness (QED) is 0.112. The summed E-state index contributed by atoms with van der Waals surface area (Å²) >= 11 is 0. The first-order valence-corrected chi connectivity index (χ1v) is 19.8. The molecule has 0 spiro atoms. The van der Waals surface area contributed by atoms with Gasteiger partial charge < -0.3 is 23.3 Å². The van der Waals surface area contributed by atoms with Crippen molar-refractivity contribution in [2.45, 2.75) is 45.4 Å². The van der Waals surface area contributed by atoms with Crippen LogP contribution in [-0.4, -0.2) is 27.2 Å². The van der Waals surface area contributed by atoms with E-state index in [0.29, 0.717) is 36.1 Å². The molecule has 1 saturated heterocycles. The molecule has 0 N–H and O–H groups in total. The zero-order valence-electron chi connectivity index (χ0n) is 43.2. The molecule has 9 aromatic rings. The van der Waals surface area contributed by atoms with Gasteiger partial charge in [-0.15, -0.1) is 29.7 Å². The average Bonchev–Trinajstić information content (AvgIpc) is 3.94. The van der Waals surface area contributed by atoms with Crippen LogP contribution in [0.2, 0.25) is 0 Å². The van der Waals surface area contributed by atoms with E-state index >= 15 is 0 Å². The molecule has 0 unspecified atom stereocenters. The number of nitrogens with zero attached hydrogens (tertiary/aromatic N) is 5. The van der Waals surface area contributed by atoms with Crippen molar-refractivity contribution in [2.75, 3.05) is 18.0 Å². The van der Waals surface area contributed by atoms with Crippen LogP contribution in [0.25, 0.3) is 61.3 Å². The Morgan fingerprint density at radius 2 is 1.40 bits per heavy atom. The van der Waals surface area contributed by atoms with E-state index in [2.05, 4.69) is 66.9 Å². The number of hydrogen-bond donors (Lipinski definition) is 0. The molecule has 10 rings (SSSR count). The summed E-state index contributed by atoms with van der Waals surface area (Å²) < 4.78 is 99.4. The van der Waals surface area contributed by atoms with Crippen LogP contribution in [0.15, 0.2) is 158 Å². The van der Waals surface area contributed by atoms with Gasteiger partial charge in [-0.3, -0.25) is 0 Å². The maximum Gasteiger partial charge on any atom is 0.196 e. The number of rotatable bonds is 8. The summed E-state index contributed by atoms with van der Waals surface area (Å²) in [5, 5.41) is 2.04. The summed E-state index contributed by atoms with van der Waals surface area (Å²) in [6.07, 6.45) is 9.93. The summed E-state index contributed by atoms with van der Waals surface area (Å²) in [6, 6.07) is 28.3. The Labute approximate surface area is 380 Å². The van der Waals surface area contributed by atoms with Crippen LogP contribution in [0, 0.1) is 18.5 Å². The molecule has 0 bridgehead atoms. The molecule has 0 aliphatic carbocycles. The zero-order valence-corrected chi connectivity index (χ0v) is 35.5. The summed E-state index contributed by atoms with van der Waals surface area (Å²) in [5.74, 6) is 2.20. The van der Waals surface area contributed by atoms with Gasteiger partial charge in [-0.2, -0.15) is 18.2 Å². The van der Waals surface area contributed by atoms with E-state index in [4.69, 9.17) is 23.4 Å². The Balaban J connectivity index is 0.00000608. The number of piperidine rings is 1. The van der Waals surface area contributed by atoms with E-state index in [1.54, 1.807) is 33.4 Å². The van der Waals surface area contributed by atoms with Gasteiger partial charge in [-0.25, -0.2) is 4.98 Å².